The van der Waals surface area contributed by atoms with Gasteiger partial charge in [-0.25, -0.2) is 13.4 Å². The summed E-state index contributed by atoms with van der Waals surface area (Å²) in [5, 5.41) is 3.68. The van der Waals surface area contributed by atoms with E-state index in [1.165, 1.54) is 17.4 Å². The van der Waals surface area contributed by atoms with E-state index in [-0.39, 0.29) is 10.8 Å². The van der Waals surface area contributed by atoms with Crippen LogP contribution in [-0.4, -0.2) is 38.6 Å². The van der Waals surface area contributed by atoms with E-state index in [1.807, 2.05) is 34.6 Å². The quantitative estimate of drug-likeness (QED) is 0.390. The van der Waals surface area contributed by atoms with Gasteiger partial charge in [0.1, 0.15) is 17.5 Å². The third-order valence-corrected chi connectivity index (χ3v) is 7.32. The van der Waals surface area contributed by atoms with Crippen LogP contribution in [0.25, 0.3) is 10.2 Å². The van der Waals surface area contributed by atoms with Gasteiger partial charge in [0.15, 0.2) is 0 Å². The minimum atomic E-state index is -3.95. The number of benzene rings is 2. The summed E-state index contributed by atoms with van der Waals surface area (Å²) in [7, 11) is -3.95. The lowest BCUT2D eigenvalue weighted by Gasteiger charge is -2.21. The molecule has 10 heteroatoms. The predicted molar refractivity (Wildman–Crippen MR) is 135 cm³/mol. The lowest BCUT2D eigenvalue weighted by atomic mass is 10.0. The molecule has 34 heavy (non-hydrogen) atoms. The van der Waals surface area contributed by atoms with Gasteiger partial charge in [-0.3, -0.25) is 4.79 Å². The first kappa shape index (κ1) is 25.9. The fourth-order valence-corrected chi connectivity index (χ4v) is 5.66. The molecular formula is C24H31N3O5S2. The van der Waals surface area contributed by atoms with E-state index in [0.717, 1.165) is 15.2 Å². The van der Waals surface area contributed by atoms with Crippen molar-refractivity contribution in [2.45, 2.75) is 52.0 Å². The molecule has 3 rings (SSSR count). The van der Waals surface area contributed by atoms with Gasteiger partial charge in [-0.1, -0.05) is 13.8 Å². The molecule has 8 nitrogen and oxygen atoms in total. The van der Waals surface area contributed by atoms with Crippen LogP contribution in [0.3, 0.4) is 0 Å². The predicted octanol–water partition coefficient (Wildman–Crippen LogP) is 4.73. The SMILES string of the molecule is CCOc1ccc(OCC)c(NC(=O)[C@H](CC(C)C)NS(=O)(=O)c2ccc3nc(C)sc3c2)c1. The van der Waals surface area contributed by atoms with Crippen LogP contribution in [0.1, 0.15) is 39.1 Å². The van der Waals surface area contributed by atoms with Gasteiger partial charge in [0.2, 0.25) is 15.9 Å². The summed E-state index contributed by atoms with van der Waals surface area (Å²) in [6.07, 6.45) is 0.322. The van der Waals surface area contributed by atoms with Gasteiger partial charge in [0.05, 0.1) is 39.0 Å². The van der Waals surface area contributed by atoms with Crippen molar-refractivity contribution in [3.05, 3.63) is 41.4 Å². The molecule has 0 saturated carbocycles. The number of nitrogens with zero attached hydrogens (tertiary/aromatic N) is 1. The minimum absolute atomic E-state index is 0.0752. The highest BCUT2D eigenvalue weighted by Gasteiger charge is 2.28. The van der Waals surface area contributed by atoms with E-state index in [1.54, 1.807) is 30.3 Å². The number of fused-ring (bicyclic) bond motifs is 1. The summed E-state index contributed by atoms with van der Waals surface area (Å²) in [5.41, 5.74) is 1.17. The van der Waals surface area contributed by atoms with E-state index < -0.39 is 22.0 Å². The first-order chi connectivity index (χ1) is 16.1. The minimum Gasteiger partial charge on any atom is -0.494 e. The smallest absolute Gasteiger partial charge is 0.242 e. The second-order valence-corrected chi connectivity index (χ2v) is 11.1. The molecule has 1 amide bonds. The molecule has 0 saturated heterocycles. The van der Waals surface area contributed by atoms with Crippen LogP contribution in [0.2, 0.25) is 0 Å². The van der Waals surface area contributed by atoms with Gasteiger partial charge < -0.3 is 14.8 Å². The highest BCUT2D eigenvalue weighted by atomic mass is 32.2. The number of rotatable bonds is 11. The lowest BCUT2D eigenvalue weighted by Crippen LogP contribution is -2.44. The molecule has 0 spiro atoms. The number of carbonyl (C=O) groups is 1. The summed E-state index contributed by atoms with van der Waals surface area (Å²) < 4.78 is 40.9. The fourth-order valence-electron chi connectivity index (χ4n) is 3.49. The van der Waals surface area contributed by atoms with E-state index >= 15 is 0 Å². The van der Waals surface area contributed by atoms with E-state index in [9.17, 15) is 13.2 Å². The number of sulfonamides is 1. The zero-order valence-electron chi connectivity index (χ0n) is 20.0. The zero-order chi connectivity index (χ0) is 24.9. The van der Waals surface area contributed by atoms with E-state index in [0.29, 0.717) is 36.8 Å². The third kappa shape index (κ3) is 6.46. The molecular weight excluding hydrogens is 474 g/mol. The Hall–Kier alpha value is -2.69. The Bertz CT molecular complexity index is 1250. The summed E-state index contributed by atoms with van der Waals surface area (Å²) in [6.45, 7) is 10.3. The van der Waals surface area contributed by atoms with Crippen LogP contribution < -0.4 is 19.5 Å². The van der Waals surface area contributed by atoms with Crippen molar-refractivity contribution in [2.24, 2.45) is 5.92 Å². The van der Waals surface area contributed by atoms with Gasteiger partial charge in [-0.05, 0) is 63.4 Å². The summed E-state index contributed by atoms with van der Waals surface area (Å²) >= 11 is 1.42. The Labute approximate surface area is 204 Å². The molecule has 0 fully saturated rings. The van der Waals surface area contributed by atoms with Crippen LogP contribution in [0, 0.1) is 12.8 Å². The molecule has 0 aliphatic heterocycles. The number of hydrogen-bond acceptors (Lipinski definition) is 7. The Morgan fingerprint density at radius 3 is 2.50 bits per heavy atom. The largest absolute Gasteiger partial charge is 0.494 e. The Kier molecular flexibility index (Phi) is 8.51. The number of hydrogen-bond donors (Lipinski definition) is 2. The molecule has 2 aromatic carbocycles. The summed E-state index contributed by atoms with van der Waals surface area (Å²) in [4.78, 5) is 17.7. The van der Waals surface area contributed by atoms with Crippen LogP contribution in [0.4, 0.5) is 5.69 Å². The molecule has 1 heterocycles. The average molecular weight is 506 g/mol. The van der Waals surface area contributed by atoms with E-state index in [2.05, 4.69) is 15.0 Å². The van der Waals surface area contributed by atoms with Gasteiger partial charge in [-0.15, -0.1) is 11.3 Å². The van der Waals surface area contributed by atoms with Crippen LogP contribution in [-0.2, 0) is 14.8 Å². The second kappa shape index (κ2) is 11.2. The van der Waals surface area contributed by atoms with Gasteiger partial charge >= 0.3 is 0 Å². The van der Waals surface area contributed by atoms with Crippen LogP contribution >= 0.6 is 11.3 Å². The monoisotopic (exact) mass is 505 g/mol. The summed E-state index contributed by atoms with van der Waals surface area (Å²) in [6, 6.07) is 8.95. The van der Waals surface area contributed by atoms with Crippen molar-refractivity contribution in [1.29, 1.82) is 0 Å². The van der Waals surface area contributed by atoms with Crippen LogP contribution in [0.5, 0.6) is 11.5 Å². The number of anilines is 1. The number of nitrogens with one attached hydrogen (secondary N) is 2. The molecule has 0 aliphatic carbocycles. The molecule has 0 radical (unpaired) electrons. The van der Waals surface area contributed by atoms with Crippen molar-refractivity contribution >= 4 is 43.2 Å². The Morgan fingerprint density at radius 2 is 1.82 bits per heavy atom. The summed E-state index contributed by atoms with van der Waals surface area (Å²) in [5.74, 6) is 0.666. The van der Waals surface area contributed by atoms with Gasteiger partial charge in [0.25, 0.3) is 0 Å². The molecule has 1 atom stereocenters. The van der Waals surface area contributed by atoms with Crippen molar-refractivity contribution in [1.82, 2.24) is 9.71 Å². The normalized spacial score (nSPS) is 12.6. The topological polar surface area (TPSA) is 107 Å². The molecule has 3 aromatic rings. The number of aromatic nitrogens is 1. The maximum Gasteiger partial charge on any atom is 0.242 e. The Balaban J connectivity index is 1.87. The molecule has 1 aromatic heterocycles. The number of carbonyl (C=O) groups excluding carboxylic acids is 1. The van der Waals surface area contributed by atoms with Gasteiger partial charge in [0, 0.05) is 6.07 Å². The first-order valence-electron chi connectivity index (χ1n) is 11.2. The highest BCUT2D eigenvalue weighted by molar-refractivity contribution is 7.89. The van der Waals surface area contributed by atoms with Crippen molar-refractivity contribution in [2.75, 3.05) is 18.5 Å². The van der Waals surface area contributed by atoms with E-state index in [4.69, 9.17) is 9.47 Å². The standard InChI is InChI=1S/C24H31N3O5S2/c1-6-31-17-8-11-22(32-7-2)20(13-17)26-24(28)21(12-15(3)4)27-34(29,30)18-9-10-19-23(14-18)33-16(5)25-19/h8-11,13-15,21,27H,6-7,12H2,1-5H3,(H,26,28)/t21-/m0/s1. The van der Waals surface area contributed by atoms with Crippen molar-refractivity contribution in [3.63, 3.8) is 0 Å². The first-order valence-corrected chi connectivity index (χ1v) is 13.5. The maximum atomic E-state index is 13.3. The number of amides is 1. The zero-order valence-corrected chi connectivity index (χ0v) is 21.7. The number of aryl methyl sites for hydroxylation is 1. The highest BCUT2D eigenvalue weighted by Crippen LogP contribution is 2.30. The van der Waals surface area contributed by atoms with Crippen molar-refractivity contribution < 1.29 is 22.7 Å². The average Bonchev–Trinajstić information content (AvgIpc) is 3.14. The number of thiazole rings is 1. The van der Waals surface area contributed by atoms with Crippen molar-refractivity contribution in [3.8, 4) is 11.5 Å². The fraction of sp³-hybridized carbons (Fsp3) is 0.417. The molecule has 0 unspecified atom stereocenters. The third-order valence-electron chi connectivity index (χ3n) is 4.92. The molecule has 0 bridgehead atoms. The maximum absolute atomic E-state index is 13.3. The molecule has 0 aliphatic rings. The van der Waals surface area contributed by atoms with Crippen LogP contribution in [0.15, 0.2) is 41.3 Å². The number of ether oxygens (including phenoxy) is 2. The molecule has 2 N–H and O–H groups in total. The second-order valence-electron chi connectivity index (χ2n) is 8.18. The van der Waals surface area contributed by atoms with Gasteiger partial charge in [-0.2, -0.15) is 4.72 Å². The molecule has 184 valence electrons. The lowest BCUT2D eigenvalue weighted by molar-refractivity contribution is -0.118. The Morgan fingerprint density at radius 1 is 1.09 bits per heavy atom.